The number of hydrogen-bond acceptors (Lipinski definition) is 4. The fourth-order valence-electron chi connectivity index (χ4n) is 2.08. The Balaban J connectivity index is 1.88. The van der Waals surface area contributed by atoms with Gasteiger partial charge in [0.05, 0.1) is 0 Å². The van der Waals surface area contributed by atoms with Crippen LogP contribution in [0.2, 0.25) is 0 Å². The highest BCUT2D eigenvalue weighted by atomic mass is 32.1. The number of thiophene rings is 1. The van der Waals surface area contributed by atoms with Crippen molar-refractivity contribution in [2.45, 2.75) is 19.1 Å². The molecule has 0 amide bonds. The van der Waals surface area contributed by atoms with Crippen molar-refractivity contribution >= 4 is 17.3 Å². The van der Waals surface area contributed by atoms with E-state index in [1.54, 1.807) is 16.2 Å². The topological polar surface area (TPSA) is 29.0 Å². The fourth-order valence-corrected chi connectivity index (χ4v) is 2.97. The van der Waals surface area contributed by atoms with Crippen molar-refractivity contribution in [3.05, 3.63) is 39.8 Å². The van der Waals surface area contributed by atoms with E-state index >= 15 is 0 Å². The van der Waals surface area contributed by atoms with Crippen LogP contribution in [0.1, 0.15) is 16.1 Å². The van der Waals surface area contributed by atoms with Crippen molar-refractivity contribution in [3.8, 4) is 0 Å². The summed E-state index contributed by atoms with van der Waals surface area (Å²) in [5.74, 6) is 0.145. The van der Waals surface area contributed by atoms with Crippen molar-refractivity contribution in [2.24, 2.45) is 0 Å². The summed E-state index contributed by atoms with van der Waals surface area (Å²) in [6.07, 6.45) is -2.44. The predicted molar refractivity (Wildman–Crippen MR) is 66.1 cm³/mol. The van der Waals surface area contributed by atoms with Crippen molar-refractivity contribution in [1.82, 2.24) is 9.97 Å². The maximum Gasteiger partial charge on any atom is 0.433 e. The number of rotatable bonds is 1. The first-order valence-electron chi connectivity index (χ1n) is 5.74. The zero-order valence-electron chi connectivity index (χ0n) is 9.81. The van der Waals surface area contributed by atoms with Gasteiger partial charge < -0.3 is 4.90 Å². The number of alkyl halides is 3. The van der Waals surface area contributed by atoms with Gasteiger partial charge in [-0.05, 0) is 29.5 Å². The second kappa shape index (κ2) is 4.48. The van der Waals surface area contributed by atoms with Crippen molar-refractivity contribution in [1.29, 1.82) is 0 Å². The van der Waals surface area contributed by atoms with E-state index in [0.717, 1.165) is 24.2 Å². The molecule has 0 aromatic carbocycles. The van der Waals surface area contributed by atoms with Crippen molar-refractivity contribution < 1.29 is 13.2 Å². The lowest BCUT2D eigenvalue weighted by Gasteiger charge is -2.27. The van der Waals surface area contributed by atoms with E-state index in [-0.39, 0.29) is 5.95 Å². The molecule has 3 rings (SSSR count). The molecule has 3 heterocycles. The van der Waals surface area contributed by atoms with E-state index in [1.807, 2.05) is 11.4 Å². The van der Waals surface area contributed by atoms with Crippen LogP contribution < -0.4 is 4.90 Å². The normalized spacial score (nSPS) is 15.4. The molecule has 0 aliphatic carbocycles. The van der Waals surface area contributed by atoms with E-state index in [9.17, 15) is 13.2 Å². The molecule has 0 fully saturated rings. The molecule has 2 aromatic rings. The molecule has 0 atom stereocenters. The molecule has 0 spiro atoms. The summed E-state index contributed by atoms with van der Waals surface area (Å²) in [5.41, 5.74) is 0.255. The average molecular weight is 285 g/mol. The molecule has 0 N–H and O–H groups in total. The second-order valence-electron chi connectivity index (χ2n) is 4.28. The molecule has 3 nitrogen and oxygen atoms in total. The number of halogens is 3. The molecule has 1 aliphatic rings. The maximum absolute atomic E-state index is 12.6. The van der Waals surface area contributed by atoms with Gasteiger partial charge in [0.25, 0.3) is 0 Å². The van der Waals surface area contributed by atoms with Gasteiger partial charge in [-0.25, -0.2) is 9.97 Å². The van der Waals surface area contributed by atoms with Crippen LogP contribution in [0.15, 0.2) is 23.7 Å². The first kappa shape index (κ1) is 12.4. The third-order valence-electron chi connectivity index (χ3n) is 3.02. The predicted octanol–water partition coefficient (Wildman–Crippen LogP) is 3.12. The fraction of sp³-hybridized carbons (Fsp3) is 0.333. The summed E-state index contributed by atoms with van der Waals surface area (Å²) in [6, 6.07) is 2.89. The van der Waals surface area contributed by atoms with E-state index in [4.69, 9.17) is 0 Å². The minimum atomic E-state index is -4.43. The molecule has 0 saturated heterocycles. The summed E-state index contributed by atoms with van der Waals surface area (Å²) in [5, 5.41) is 2.00. The largest absolute Gasteiger partial charge is 0.433 e. The average Bonchev–Trinajstić information content (AvgIpc) is 2.85. The van der Waals surface area contributed by atoms with Crippen LogP contribution in [0, 0.1) is 0 Å². The molecule has 0 radical (unpaired) electrons. The van der Waals surface area contributed by atoms with Gasteiger partial charge >= 0.3 is 6.18 Å². The minimum absolute atomic E-state index is 0.145. The molecule has 100 valence electrons. The molecule has 7 heteroatoms. The molecule has 1 aliphatic heterocycles. The van der Waals surface area contributed by atoms with Crippen LogP contribution in [0.3, 0.4) is 0 Å². The quantitative estimate of drug-likeness (QED) is 0.806. The van der Waals surface area contributed by atoms with E-state index in [0.29, 0.717) is 13.1 Å². The Labute approximate surface area is 111 Å². The summed E-state index contributed by atoms with van der Waals surface area (Å²) in [6.45, 7) is 1.22. The lowest BCUT2D eigenvalue weighted by molar-refractivity contribution is -0.141. The Morgan fingerprint density at radius 1 is 1.26 bits per heavy atom. The van der Waals surface area contributed by atoms with E-state index in [2.05, 4.69) is 9.97 Å². The van der Waals surface area contributed by atoms with Crippen LogP contribution >= 0.6 is 11.3 Å². The molecular formula is C12H10F3N3S. The van der Waals surface area contributed by atoms with Crippen LogP contribution in [0.5, 0.6) is 0 Å². The van der Waals surface area contributed by atoms with Gasteiger partial charge in [-0.15, -0.1) is 11.3 Å². The number of fused-ring (bicyclic) bond motifs is 1. The Bertz CT molecular complexity index is 594. The zero-order chi connectivity index (χ0) is 13.5. The lowest BCUT2D eigenvalue weighted by Crippen LogP contribution is -2.31. The van der Waals surface area contributed by atoms with Gasteiger partial charge in [0.1, 0.15) is 5.69 Å². The summed E-state index contributed by atoms with van der Waals surface area (Å²) < 4.78 is 37.9. The Kier molecular flexibility index (Phi) is 2.93. The second-order valence-corrected chi connectivity index (χ2v) is 5.28. The van der Waals surface area contributed by atoms with Crippen LogP contribution in [0.25, 0.3) is 0 Å². The summed E-state index contributed by atoms with van der Waals surface area (Å²) >= 11 is 1.68. The highest BCUT2D eigenvalue weighted by Gasteiger charge is 2.33. The highest BCUT2D eigenvalue weighted by molar-refractivity contribution is 7.10. The standard InChI is InChI=1S/C12H10F3N3S/c13-12(14,15)10-1-4-16-11(17-10)18-5-2-9-8(7-18)3-6-19-9/h1,3-4,6H,2,5,7H2. The Hall–Kier alpha value is -1.63. The number of aromatic nitrogens is 2. The first-order valence-corrected chi connectivity index (χ1v) is 6.62. The molecular weight excluding hydrogens is 275 g/mol. The van der Waals surface area contributed by atoms with Gasteiger partial charge in [0.15, 0.2) is 0 Å². The van der Waals surface area contributed by atoms with E-state index in [1.165, 1.54) is 4.88 Å². The smallest absolute Gasteiger partial charge is 0.336 e. The van der Waals surface area contributed by atoms with Crippen LogP contribution in [-0.4, -0.2) is 16.5 Å². The summed E-state index contributed by atoms with van der Waals surface area (Å²) in [7, 11) is 0. The third kappa shape index (κ3) is 2.42. The lowest BCUT2D eigenvalue weighted by atomic mass is 10.1. The van der Waals surface area contributed by atoms with Crippen molar-refractivity contribution in [3.63, 3.8) is 0 Å². The van der Waals surface area contributed by atoms with Crippen LogP contribution in [0.4, 0.5) is 19.1 Å². The zero-order valence-corrected chi connectivity index (χ0v) is 10.6. The molecule has 19 heavy (non-hydrogen) atoms. The number of anilines is 1. The SMILES string of the molecule is FC(F)(F)c1ccnc(N2CCc3sccc3C2)n1. The van der Waals surface area contributed by atoms with Gasteiger partial charge in [0, 0.05) is 24.2 Å². The summed E-state index contributed by atoms with van der Waals surface area (Å²) in [4.78, 5) is 10.6. The monoisotopic (exact) mass is 285 g/mol. The van der Waals surface area contributed by atoms with Crippen molar-refractivity contribution in [2.75, 3.05) is 11.4 Å². The van der Waals surface area contributed by atoms with Gasteiger partial charge in [0.2, 0.25) is 5.95 Å². The van der Waals surface area contributed by atoms with Gasteiger partial charge in [-0.1, -0.05) is 0 Å². The molecule has 0 unspecified atom stereocenters. The number of nitrogens with zero attached hydrogens (tertiary/aromatic N) is 3. The van der Waals surface area contributed by atoms with E-state index < -0.39 is 11.9 Å². The maximum atomic E-state index is 12.6. The molecule has 2 aromatic heterocycles. The Morgan fingerprint density at radius 3 is 2.89 bits per heavy atom. The third-order valence-corrected chi connectivity index (χ3v) is 4.05. The Morgan fingerprint density at radius 2 is 2.11 bits per heavy atom. The van der Waals surface area contributed by atoms with Crippen LogP contribution in [-0.2, 0) is 19.1 Å². The molecule has 0 saturated carbocycles. The van der Waals surface area contributed by atoms with Gasteiger partial charge in [-0.2, -0.15) is 13.2 Å². The number of hydrogen-bond donors (Lipinski definition) is 0. The van der Waals surface area contributed by atoms with Gasteiger partial charge in [-0.3, -0.25) is 0 Å². The first-order chi connectivity index (χ1) is 9.04. The minimum Gasteiger partial charge on any atom is -0.336 e. The highest BCUT2D eigenvalue weighted by Crippen LogP contribution is 2.30. The molecule has 0 bridgehead atoms.